The molecule has 0 spiro atoms. The molecule has 0 saturated heterocycles. The highest BCUT2D eigenvalue weighted by atomic mass is 16.5. The first-order valence-electron chi connectivity index (χ1n) is 9.90. The standard InChI is InChI=1S/C24H28N2O3/c1-16(2)24(19-9-11-20(29-4)12-10-19)25-23(28)15-22-21-8-6-5-7-18(21)13-14-26(22)17(3)27/h5-14,16,22,24H,15H2,1-4H3,(H,25,28). The molecule has 29 heavy (non-hydrogen) atoms. The van der Waals surface area contributed by atoms with Crippen molar-refractivity contribution in [2.24, 2.45) is 5.92 Å². The third-order valence-corrected chi connectivity index (χ3v) is 5.31. The second-order valence-corrected chi connectivity index (χ2v) is 7.65. The summed E-state index contributed by atoms with van der Waals surface area (Å²) >= 11 is 0. The first-order chi connectivity index (χ1) is 13.9. The highest BCUT2D eigenvalue weighted by molar-refractivity contribution is 5.82. The number of amides is 2. The summed E-state index contributed by atoms with van der Waals surface area (Å²) in [5.41, 5.74) is 3.06. The van der Waals surface area contributed by atoms with Gasteiger partial charge >= 0.3 is 0 Å². The Kier molecular flexibility index (Phi) is 6.37. The van der Waals surface area contributed by atoms with Crippen molar-refractivity contribution in [3.05, 3.63) is 71.4 Å². The molecular formula is C24H28N2O3. The van der Waals surface area contributed by atoms with Crippen LogP contribution in [0, 0.1) is 5.92 Å². The van der Waals surface area contributed by atoms with E-state index in [-0.39, 0.29) is 36.2 Å². The lowest BCUT2D eigenvalue weighted by Crippen LogP contribution is -2.37. The Morgan fingerprint density at radius 1 is 1.10 bits per heavy atom. The molecule has 0 saturated carbocycles. The van der Waals surface area contributed by atoms with Crippen LogP contribution in [0.2, 0.25) is 0 Å². The van der Waals surface area contributed by atoms with Gasteiger partial charge in [-0.25, -0.2) is 0 Å². The molecule has 1 N–H and O–H groups in total. The van der Waals surface area contributed by atoms with Crippen molar-refractivity contribution >= 4 is 17.9 Å². The molecule has 0 bridgehead atoms. The number of rotatable bonds is 6. The average molecular weight is 392 g/mol. The lowest BCUT2D eigenvalue weighted by molar-refractivity contribution is -0.130. The Bertz CT molecular complexity index is 903. The number of fused-ring (bicyclic) bond motifs is 1. The molecule has 2 atom stereocenters. The van der Waals surface area contributed by atoms with E-state index in [0.717, 1.165) is 22.4 Å². The molecule has 2 aromatic rings. The number of carbonyl (C=O) groups excluding carboxylic acids is 2. The summed E-state index contributed by atoms with van der Waals surface area (Å²) in [6.45, 7) is 5.68. The minimum absolute atomic E-state index is 0.0795. The molecule has 0 aliphatic carbocycles. The number of hydrogen-bond donors (Lipinski definition) is 1. The molecule has 1 aliphatic rings. The first-order valence-corrected chi connectivity index (χ1v) is 9.90. The van der Waals surface area contributed by atoms with Crippen LogP contribution in [0.4, 0.5) is 0 Å². The van der Waals surface area contributed by atoms with Crippen LogP contribution in [-0.4, -0.2) is 23.8 Å². The van der Waals surface area contributed by atoms with Gasteiger partial charge in [-0.1, -0.05) is 50.2 Å². The van der Waals surface area contributed by atoms with E-state index >= 15 is 0 Å². The molecule has 152 valence electrons. The van der Waals surface area contributed by atoms with E-state index in [9.17, 15) is 9.59 Å². The van der Waals surface area contributed by atoms with Gasteiger partial charge in [0.25, 0.3) is 0 Å². The summed E-state index contributed by atoms with van der Waals surface area (Å²) in [5.74, 6) is 0.838. The molecule has 3 rings (SSSR count). The van der Waals surface area contributed by atoms with Gasteiger partial charge in [-0.3, -0.25) is 9.59 Å². The van der Waals surface area contributed by atoms with E-state index in [1.807, 2.05) is 54.6 Å². The molecule has 2 amide bonds. The van der Waals surface area contributed by atoms with Gasteiger partial charge in [-0.2, -0.15) is 0 Å². The fraction of sp³-hybridized carbons (Fsp3) is 0.333. The minimum atomic E-state index is -0.308. The molecule has 5 nitrogen and oxygen atoms in total. The first kappa shape index (κ1) is 20.6. The third kappa shape index (κ3) is 4.67. The minimum Gasteiger partial charge on any atom is -0.497 e. The normalized spacial score (nSPS) is 16.3. The number of ether oxygens (including phenoxy) is 1. The molecule has 5 heteroatoms. The van der Waals surface area contributed by atoms with E-state index in [4.69, 9.17) is 4.74 Å². The van der Waals surface area contributed by atoms with E-state index in [0.29, 0.717) is 0 Å². The highest BCUT2D eigenvalue weighted by Crippen LogP contribution is 2.33. The maximum atomic E-state index is 13.0. The van der Waals surface area contributed by atoms with Gasteiger partial charge in [0.2, 0.25) is 11.8 Å². The van der Waals surface area contributed by atoms with E-state index in [2.05, 4.69) is 19.2 Å². The zero-order valence-corrected chi connectivity index (χ0v) is 17.4. The lowest BCUT2D eigenvalue weighted by atomic mass is 9.92. The Hall–Kier alpha value is -3.08. The van der Waals surface area contributed by atoms with Crippen molar-refractivity contribution < 1.29 is 14.3 Å². The van der Waals surface area contributed by atoms with Crippen molar-refractivity contribution in [1.82, 2.24) is 10.2 Å². The van der Waals surface area contributed by atoms with Crippen LogP contribution in [0.5, 0.6) is 5.75 Å². The monoisotopic (exact) mass is 392 g/mol. The van der Waals surface area contributed by atoms with Gasteiger partial charge in [-0.05, 0) is 40.8 Å². The molecule has 0 aromatic heterocycles. The fourth-order valence-electron chi connectivity index (χ4n) is 3.77. The zero-order chi connectivity index (χ0) is 21.0. The van der Waals surface area contributed by atoms with Gasteiger partial charge in [0.15, 0.2) is 0 Å². The van der Waals surface area contributed by atoms with Gasteiger partial charge in [-0.15, -0.1) is 0 Å². The SMILES string of the molecule is COc1ccc(C(NC(=O)CC2c3ccccc3C=CN2C(C)=O)C(C)C)cc1. The second kappa shape index (κ2) is 8.95. The van der Waals surface area contributed by atoms with E-state index in [1.165, 1.54) is 6.92 Å². The van der Waals surface area contributed by atoms with Crippen molar-refractivity contribution in [1.29, 1.82) is 0 Å². The Morgan fingerprint density at radius 2 is 1.79 bits per heavy atom. The van der Waals surface area contributed by atoms with E-state index in [1.54, 1.807) is 18.2 Å². The van der Waals surface area contributed by atoms with Gasteiger partial charge in [0.1, 0.15) is 5.75 Å². The van der Waals surface area contributed by atoms with Crippen LogP contribution in [0.15, 0.2) is 54.7 Å². The van der Waals surface area contributed by atoms with Crippen LogP contribution >= 0.6 is 0 Å². The lowest BCUT2D eigenvalue weighted by Gasteiger charge is -2.33. The molecule has 2 aromatic carbocycles. The summed E-state index contributed by atoms with van der Waals surface area (Å²) < 4.78 is 5.23. The molecule has 1 aliphatic heterocycles. The van der Waals surface area contributed by atoms with Crippen LogP contribution < -0.4 is 10.1 Å². The third-order valence-electron chi connectivity index (χ3n) is 5.31. The number of nitrogens with zero attached hydrogens (tertiary/aromatic N) is 1. The smallest absolute Gasteiger partial charge is 0.223 e. The fourth-order valence-corrected chi connectivity index (χ4v) is 3.77. The van der Waals surface area contributed by atoms with E-state index < -0.39 is 0 Å². The average Bonchev–Trinajstić information content (AvgIpc) is 2.72. The molecule has 2 unspecified atom stereocenters. The summed E-state index contributed by atoms with van der Waals surface area (Å²) in [7, 11) is 1.63. The summed E-state index contributed by atoms with van der Waals surface area (Å²) in [5, 5.41) is 3.17. The largest absolute Gasteiger partial charge is 0.497 e. The molecule has 0 radical (unpaired) electrons. The molecule has 1 heterocycles. The van der Waals surface area contributed by atoms with Crippen molar-refractivity contribution in [3.63, 3.8) is 0 Å². The number of methoxy groups -OCH3 is 1. The number of benzene rings is 2. The Labute approximate surface area is 172 Å². The predicted octanol–water partition coefficient (Wildman–Crippen LogP) is 4.47. The van der Waals surface area contributed by atoms with Crippen molar-refractivity contribution in [2.45, 2.75) is 39.3 Å². The maximum Gasteiger partial charge on any atom is 0.223 e. The van der Waals surface area contributed by atoms with Crippen LogP contribution in [0.1, 0.15) is 56.0 Å². The van der Waals surface area contributed by atoms with Gasteiger partial charge in [0, 0.05) is 13.1 Å². The Morgan fingerprint density at radius 3 is 2.41 bits per heavy atom. The van der Waals surface area contributed by atoms with Crippen LogP contribution in [0.3, 0.4) is 0 Å². The number of nitrogens with one attached hydrogen (secondary N) is 1. The summed E-state index contributed by atoms with van der Waals surface area (Å²) in [6, 6.07) is 15.2. The van der Waals surface area contributed by atoms with Crippen molar-refractivity contribution in [3.8, 4) is 5.75 Å². The second-order valence-electron chi connectivity index (χ2n) is 7.65. The topological polar surface area (TPSA) is 58.6 Å². The molecule has 0 fully saturated rings. The van der Waals surface area contributed by atoms with Crippen molar-refractivity contribution in [2.75, 3.05) is 7.11 Å². The zero-order valence-electron chi connectivity index (χ0n) is 17.4. The number of carbonyl (C=O) groups is 2. The van der Waals surface area contributed by atoms with Gasteiger partial charge in [0.05, 0.1) is 25.6 Å². The Balaban J connectivity index is 1.79. The highest BCUT2D eigenvalue weighted by Gasteiger charge is 2.29. The summed E-state index contributed by atoms with van der Waals surface area (Å²) in [4.78, 5) is 26.8. The van der Waals surface area contributed by atoms with Gasteiger partial charge < -0.3 is 15.0 Å². The summed E-state index contributed by atoms with van der Waals surface area (Å²) in [6.07, 6.45) is 3.89. The van der Waals surface area contributed by atoms with Crippen LogP contribution in [0.25, 0.3) is 6.08 Å². The maximum absolute atomic E-state index is 13.0. The predicted molar refractivity (Wildman–Crippen MR) is 114 cm³/mol. The number of hydrogen-bond acceptors (Lipinski definition) is 3. The van der Waals surface area contributed by atoms with Crippen LogP contribution in [-0.2, 0) is 9.59 Å². The molecular weight excluding hydrogens is 364 g/mol. The quantitative estimate of drug-likeness (QED) is 0.789.